The van der Waals surface area contributed by atoms with Crippen molar-refractivity contribution in [3.05, 3.63) is 54.0 Å². The van der Waals surface area contributed by atoms with Gasteiger partial charge in [0.2, 0.25) is 5.91 Å². The van der Waals surface area contributed by atoms with Gasteiger partial charge in [-0.15, -0.1) is 0 Å². The third kappa shape index (κ3) is 4.42. The second-order valence-corrected chi connectivity index (χ2v) is 6.46. The summed E-state index contributed by atoms with van der Waals surface area (Å²) in [4.78, 5) is 16.6. The number of likely N-dealkylation sites (tertiary alicyclic amines) is 1. The molecule has 1 atom stereocenters. The van der Waals surface area contributed by atoms with Gasteiger partial charge in [0.25, 0.3) is 0 Å². The molecule has 3 rings (SSSR count). The molecule has 1 unspecified atom stereocenters. The Labute approximate surface area is 149 Å². The monoisotopic (exact) mass is 342 g/mol. The summed E-state index contributed by atoms with van der Waals surface area (Å²) in [5.41, 5.74) is 1.25. The molecule has 1 aromatic heterocycles. The highest BCUT2D eigenvalue weighted by Crippen LogP contribution is 2.32. The maximum absolute atomic E-state index is 12.6. The first-order chi connectivity index (χ1) is 12.2. The van der Waals surface area contributed by atoms with Crippen LogP contribution in [0.15, 0.2) is 47.1 Å². The van der Waals surface area contributed by atoms with Crippen LogP contribution >= 0.6 is 0 Å². The average molecular weight is 342 g/mol. The quantitative estimate of drug-likeness (QED) is 0.773. The Bertz CT molecular complexity index is 667. The van der Waals surface area contributed by atoms with Crippen molar-refractivity contribution in [3.8, 4) is 5.75 Å². The smallest absolute Gasteiger partial charge is 0.236 e. The molecule has 5 heteroatoms. The largest absolute Gasteiger partial charge is 0.494 e. The second-order valence-electron chi connectivity index (χ2n) is 6.46. The van der Waals surface area contributed by atoms with Gasteiger partial charge in [-0.25, -0.2) is 0 Å². The molecule has 1 fully saturated rings. The van der Waals surface area contributed by atoms with Crippen LogP contribution in [0.1, 0.15) is 37.1 Å². The first-order valence-corrected chi connectivity index (χ1v) is 8.90. The molecule has 0 bridgehead atoms. The zero-order valence-corrected chi connectivity index (χ0v) is 15.0. The summed E-state index contributed by atoms with van der Waals surface area (Å²) in [6.45, 7) is 4.56. The molecular weight excluding hydrogens is 316 g/mol. The highest BCUT2D eigenvalue weighted by Gasteiger charge is 2.28. The molecule has 1 amide bonds. The number of hydrogen-bond acceptors (Lipinski definition) is 4. The predicted octanol–water partition coefficient (Wildman–Crippen LogP) is 3.47. The first-order valence-electron chi connectivity index (χ1n) is 8.90. The first kappa shape index (κ1) is 17.5. The van der Waals surface area contributed by atoms with E-state index in [4.69, 9.17) is 9.15 Å². The van der Waals surface area contributed by atoms with E-state index in [1.54, 1.807) is 11.2 Å². The van der Waals surface area contributed by atoms with Crippen molar-refractivity contribution in [3.63, 3.8) is 0 Å². The normalized spacial score (nSPS) is 17.6. The van der Waals surface area contributed by atoms with E-state index in [0.29, 0.717) is 25.7 Å². The molecule has 25 heavy (non-hydrogen) atoms. The Morgan fingerprint density at radius 3 is 2.80 bits per heavy atom. The molecule has 0 aliphatic carbocycles. The van der Waals surface area contributed by atoms with Crippen LogP contribution in [0.3, 0.4) is 0 Å². The van der Waals surface area contributed by atoms with E-state index in [9.17, 15) is 4.79 Å². The fraction of sp³-hybridized carbons (Fsp3) is 0.450. The lowest BCUT2D eigenvalue weighted by Gasteiger charge is -2.26. The molecule has 0 N–H and O–H groups in total. The molecule has 0 saturated carbocycles. The summed E-state index contributed by atoms with van der Waals surface area (Å²) in [6, 6.07) is 12.3. The number of rotatable bonds is 7. The minimum Gasteiger partial charge on any atom is -0.494 e. The number of benzene rings is 1. The number of furan rings is 1. The number of nitrogens with zero attached hydrogens (tertiary/aromatic N) is 2. The summed E-state index contributed by atoms with van der Waals surface area (Å²) in [7, 11) is 1.83. The van der Waals surface area contributed by atoms with E-state index in [-0.39, 0.29) is 5.91 Å². The van der Waals surface area contributed by atoms with Crippen LogP contribution in [0.4, 0.5) is 0 Å². The zero-order chi connectivity index (χ0) is 17.6. The third-order valence-electron chi connectivity index (χ3n) is 4.68. The van der Waals surface area contributed by atoms with Crippen LogP contribution in [0.2, 0.25) is 0 Å². The molecule has 1 aliphatic rings. The average Bonchev–Trinajstić information content (AvgIpc) is 3.28. The molecule has 0 spiro atoms. The summed E-state index contributed by atoms with van der Waals surface area (Å²) in [5.74, 6) is 1.82. The van der Waals surface area contributed by atoms with Gasteiger partial charge < -0.3 is 14.1 Å². The van der Waals surface area contributed by atoms with E-state index in [0.717, 1.165) is 30.9 Å². The Hall–Kier alpha value is -2.27. The molecule has 134 valence electrons. The SMILES string of the molecule is CCOc1ccc(C2CCCN2CC(=O)N(C)Cc2ccco2)cc1. The maximum Gasteiger partial charge on any atom is 0.236 e. The van der Waals surface area contributed by atoms with E-state index < -0.39 is 0 Å². The number of carbonyl (C=O) groups is 1. The van der Waals surface area contributed by atoms with Gasteiger partial charge in [0.15, 0.2) is 0 Å². The van der Waals surface area contributed by atoms with Gasteiger partial charge in [-0.05, 0) is 56.1 Å². The second kappa shape index (κ2) is 8.21. The van der Waals surface area contributed by atoms with Gasteiger partial charge >= 0.3 is 0 Å². The van der Waals surface area contributed by atoms with Crippen LogP contribution in [-0.2, 0) is 11.3 Å². The van der Waals surface area contributed by atoms with Gasteiger partial charge in [-0.2, -0.15) is 0 Å². The molecule has 1 aromatic carbocycles. The Kier molecular flexibility index (Phi) is 5.76. The van der Waals surface area contributed by atoms with Gasteiger partial charge in [-0.1, -0.05) is 12.1 Å². The van der Waals surface area contributed by atoms with Gasteiger partial charge in [0.05, 0.1) is 26.0 Å². The van der Waals surface area contributed by atoms with Gasteiger partial charge in [-0.3, -0.25) is 9.69 Å². The predicted molar refractivity (Wildman–Crippen MR) is 96.3 cm³/mol. The minimum atomic E-state index is 0.120. The minimum absolute atomic E-state index is 0.120. The van der Waals surface area contributed by atoms with E-state index in [1.807, 2.05) is 38.2 Å². The van der Waals surface area contributed by atoms with E-state index >= 15 is 0 Å². The Morgan fingerprint density at radius 2 is 2.12 bits per heavy atom. The van der Waals surface area contributed by atoms with Crippen molar-refractivity contribution in [1.82, 2.24) is 9.80 Å². The van der Waals surface area contributed by atoms with Crippen molar-refractivity contribution in [1.29, 1.82) is 0 Å². The molecule has 0 radical (unpaired) electrons. The number of likely N-dealkylation sites (N-methyl/N-ethyl adjacent to an activating group) is 1. The van der Waals surface area contributed by atoms with Gasteiger partial charge in [0.1, 0.15) is 11.5 Å². The van der Waals surface area contributed by atoms with Crippen molar-refractivity contribution >= 4 is 5.91 Å². The highest BCUT2D eigenvalue weighted by molar-refractivity contribution is 5.78. The van der Waals surface area contributed by atoms with Crippen LogP contribution in [0, 0.1) is 0 Å². The number of hydrogen-bond donors (Lipinski definition) is 0. The summed E-state index contributed by atoms with van der Waals surface area (Å²) < 4.78 is 10.8. The third-order valence-corrected chi connectivity index (χ3v) is 4.68. The van der Waals surface area contributed by atoms with Crippen LogP contribution < -0.4 is 4.74 Å². The van der Waals surface area contributed by atoms with Crippen LogP contribution in [0.5, 0.6) is 5.75 Å². The van der Waals surface area contributed by atoms with Crippen molar-refractivity contribution < 1.29 is 13.9 Å². The maximum atomic E-state index is 12.6. The van der Waals surface area contributed by atoms with Crippen molar-refractivity contribution in [2.45, 2.75) is 32.4 Å². The molecule has 5 nitrogen and oxygen atoms in total. The Morgan fingerprint density at radius 1 is 1.32 bits per heavy atom. The standard InChI is InChI=1S/C20H26N2O3/c1-3-24-17-10-8-16(9-11-17)19-7-4-12-22(19)15-20(23)21(2)14-18-6-5-13-25-18/h5-6,8-11,13,19H,3-4,7,12,14-15H2,1-2H3. The summed E-state index contributed by atoms with van der Waals surface area (Å²) >= 11 is 0. The van der Waals surface area contributed by atoms with E-state index in [2.05, 4.69) is 17.0 Å². The summed E-state index contributed by atoms with van der Waals surface area (Å²) in [6.07, 6.45) is 3.84. The number of amides is 1. The lowest BCUT2D eigenvalue weighted by atomic mass is 10.0. The lowest BCUT2D eigenvalue weighted by Crippen LogP contribution is -2.37. The fourth-order valence-electron chi connectivity index (χ4n) is 3.36. The fourth-order valence-corrected chi connectivity index (χ4v) is 3.36. The molecule has 2 aromatic rings. The summed E-state index contributed by atoms with van der Waals surface area (Å²) in [5, 5.41) is 0. The van der Waals surface area contributed by atoms with Crippen LogP contribution in [-0.4, -0.2) is 42.5 Å². The number of carbonyl (C=O) groups excluding carboxylic acids is 1. The number of ether oxygens (including phenoxy) is 1. The topological polar surface area (TPSA) is 45.9 Å². The molecule has 1 aliphatic heterocycles. The van der Waals surface area contributed by atoms with E-state index in [1.165, 1.54) is 5.56 Å². The molecule has 1 saturated heterocycles. The molecular formula is C20H26N2O3. The Balaban J connectivity index is 1.60. The van der Waals surface area contributed by atoms with Gasteiger partial charge in [0, 0.05) is 13.1 Å². The van der Waals surface area contributed by atoms with Crippen LogP contribution in [0.25, 0.3) is 0 Å². The lowest BCUT2D eigenvalue weighted by molar-refractivity contribution is -0.132. The van der Waals surface area contributed by atoms with Crippen molar-refractivity contribution in [2.24, 2.45) is 0 Å². The van der Waals surface area contributed by atoms with Crippen molar-refractivity contribution in [2.75, 3.05) is 26.7 Å². The zero-order valence-electron chi connectivity index (χ0n) is 15.0. The highest BCUT2D eigenvalue weighted by atomic mass is 16.5. The molecule has 2 heterocycles.